The number of aromatic nitrogens is 1. The van der Waals surface area contributed by atoms with Crippen molar-refractivity contribution in [1.82, 2.24) is 4.98 Å². The molecule has 2 N–H and O–H groups in total. The van der Waals surface area contributed by atoms with Crippen molar-refractivity contribution in [1.29, 1.82) is 0 Å². The Bertz CT molecular complexity index is 679. The van der Waals surface area contributed by atoms with Gasteiger partial charge < -0.3 is 15.0 Å². The van der Waals surface area contributed by atoms with E-state index in [1.54, 1.807) is 24.3 Å². The average Bonchev–Trinajstić information content (AvgIpc) is 2.93. The lowest BCUT2D eigenvalue weighted by Gasteiger charge is -2.07. The zero-order valence-electron chi connectivity index (χ0n) is 11.7. The maximum atomic E-state index is 11.3. The number of carbonyl (C=O) groups excluding carboxylic acids is 1. The number of aryl methyl sites for hydroxylation is 1. The maximum Gasteiger partial charge on any atom is 0.354 e. The lowest BCUT2D eigenvalue weighted by molar-refractivity contribution is -0.384. The predicted molar refractivity (Wildman–Crippen MR) is 77.3 cm³/mol. The summed E-state index contributed by atoms with van der Waals surface area (Å²) < 4.78 is 4.60. The molecular weight excluding hydrogens is 274 g/mol. The summed E-state index contributed by atoms with van der Waals surface area (Å²) in [4.78, 5) is 24.8. The lowest BCUT2D eigenvalue weighted by Crippen LogP contribution is -2.05. The van der Waals surface area contributed by atoms with Crippen LogP contribution in [0.2, 0.25) is 0 Å². The van der Waals surface area contributed by atoms with Crippen molar-refractivity contribution in [2.24, 2.45) is 0 Å². The molecule has 2 aromatic rings. The van der Waals surface area contributed by atoms with Crippen LogP contribution in [0.15, 0.2) is 30.3 Å². The number of rotatable bonds is 5. The van der Waals surface area contributed by atoms with Crippen LogP contribution in [0.1, 0.15) is 21.7 Å². The van der Waals surface area contributed by atoms with E-state index in [4.69, 9.17) is 0 Å². The van der Waals surface area contributed by atoms with Crippen LogP contribution < -0.4 is 5.32 Å². The molecule has 0 atom stereocenters. The van der Waals surface area contributed by atoms with Crippen LogP contribution in [-0.4, -0.2) is 23.0 Å². The molecule has 0 amide bonds. The van der Waals surface area contributed by atoms with Crippen LogP contribution in [-0.2, 0) is 11.3 Å². The SMILES string of the molecule is COC(=O)c1ccc(CNc2cc(C)ccc2[N+](=O)[O-])[nH]1. The van der Waals surface area contributed by atoms with Crippen molar-refractivity contribution in [3.05, 3.63) is 57.4 Å². The van der Waals surface area contributed by atoms with E-state index in [9.17, 15) is 14.9 Å². The fraction of sp³-hybridized carbons (Fsp3) is 0.214. The van der Waals surface area contributed by atoms with Gasteiger partial charge >= 0.3 is 5.97 Å². The number of nitro groups is 1. The van der Waals surface area contributed by atoms with Gasteiger partial charge in [0, 0.05) is 11.8 Å². The highest BCUT2D eigenvalue weighted by Gasteiger charge is 2.14. The van der Waals surface area contributed by atoms with Gasteiger partial charge in [0.2, 0.25) is 0 Å². The van der Waals surface area contributed by atoms with Crippen LogP contribution in [0.4, 0.5) is 11.4 Å². The number of benzene rings is 1. The zero-order valence-corrected chi connectivity index (χ0v) is 11.7. The molecule has 7 heteroatoms. The second-order valence-corrected chi connectivity index (χ2v) is 4.52. The third-order valence-electron chi connectivity index (χ3n) is 2.97. The second kappa shape index (κ2) is 6.08. The van der Waals surface area contributed by atoms with E-state index in [0.29, 0.717) is 17.9 Å². The summed E-state index contributed by atoms with van der Waals surface area (Å²) in [6.07, 6.45) is 0. The molecular formula is C14H15N3O4. The fourth-order valence-electron chi connectivity index (χ4n) is 1.91. The van der Waals surface area contributed by atoms with Crippen molar-refractivity contribution in [2.75, 3.05) is 12.4 Å². The highest BCUT2D eigenvalue weighted by molar-refractivity contribution is 5.87. The number of hydrogen-bond acceptors (Lipinski definition) is 5. The van der Waals surface area contributed by atoms with Gasteiger partial charge in [-0.25, -0.2) is 4.79 Å². The summed E-state index contributed by atoms with van der Waals surface area (Å²) in [5.74, 6) is -0.456. The molecule has 2 rings (SSSR count). The molecule has 0 spiro atoms. The molecule has 0 fully saturated rings. The number of nitrogens with one attached hydrogen (secondary N) is 2. The predicted octanol–water partition coefficient (Wildman–Crippen LogP) is 2.63. The summed E-state index contributed by atoms with van der Waals surface area (Å²) in [6.45, 7) is 2.19. The second-order valence-electron chi connectivity index (χ2n) is 4.52. The van der Waals surface area contributed by atoms with Crippen LogP contribution in [0.25, 0.3) is 0 Å². The van der Waals surface area contributed by atoms with Crippen molar-refractivity contribution in [2.45, 2.75) is 13.5 Å². The molecule has 1 aromatic carbocycles. The van der Waals surface area contributed by atoms with E-state index in [-0.39, 0.29) is 5.69 Å². The van der Waals surface area contributed by atoms with Crippen LogP contribution in [0, 0.1) is 17.0 Å². The summed E-state index contributed by atoms with van der Waals surface area (Å²) in [5.41, 5.74) is 2.44. The Morgan fingerprint density at radius 2 is 2.14 bits per heavy atom. The summed E-state index contributed by atoms with van der Waals surface area (Å²) in [5, 5.41) is 14.0. The molecule has 1 aromatic heterocycles. The minimum Gasteiger partial charge on any atom is -0.464 e. The van der Waals surface area contributed by atoms with E-state index in [2.05, 4.69) is 15.0 Å². The first kappa shape index (κ1) is 14.6. The van der Waals surface area contributed by atoms with Crippen LogP contribution >= 0.6 is 0 Å². The van der Waals surface area contributed by atoms with Gasteiger partial charge in [0.1, 0.15) is 11.4 Å². The number of nitrogens with zero attached hydrogens (tertiary/aromatic N) is 1. The lowest BCUT2D eigenvalue weighted by atomic mass is 10.2. The van der Waals surface area contributed by atoms with Gasteiger partial charge in [0.05, 0.1) is 18.6 Å². The number of hydrogen-bond donors (Lipinski definition) is 2. The van der Waals surface area contributed by atoms with Gasteiger partial charge in [-0.15, -0.1) is 0 Å². The molecule has 7 nitrogen and oxygen atoms in total. The molecule has 0 bridgehead atoms. The van der Waals surface area contributed by atoms with Crippen molar-refractivity contribution in [3.63, 3.8) is 0 Å². The van der Waals surface area contributed by atoms with Crippen molar-refractivity contribution in [3.8, 4) is 0 Å². The van der Waals surface area contributed by atoms with Gasteiger partial charge in [-0.1, -0.05) is 6.07 Å². The number of esters is 1. The number of H-pyrrole nitrogens is 1. The highest BCUT2D eigenvalue weighted by atomic mass is 16.6. The Hall–Kier alpha value is -2.83. The highest BCUT2D eigenvalue weighted by Crippen LogP contribution is 2.25. The summed E-state index contributed by atoms with van der Waals surface area (Å²) in [6, 6.07) is 8.19. The minimum atomic E-state index is -0.456. The van der Waals surface area contributed by atoms with Crippen LogP contribution in [0.5, 0.6) is 0 Å². The fourth-order valence-corrected chi connectivity index (χ4v) is 1.91. The Labute approximate surface area is 121 Å². The van der Waals surface area contributed by atoms with Gasteiger partial charge in [-0.05, 0) is 30.7 Å². The van der Waals surface area contributed by atoms with E-state index in [1.807, 2.05) is 6.92 Å². The number of ether oxygens (including phenoxy) is 1. The first-order valence-electron chi connectivity index (χ1n) is 6.26. The third-order valence-corrected chi connectivity index (χ3v) is 2.97. The Balaban J connectivity index is 2.13. The molecule has 21 heavy (non-hydrogen) atoms. The smallest absolute Gasteiger partial charge is 0.354 e. The van der Waals surface area contributed by atoms with E-state index in [0.717, 1.165) is 11.3 Å². The van der Waals surface area contributed by atoms with Crippen LogP contribution in [0.3, 0.4) is 0 Å². The monoisotopic (exact) mass is 289 g/mol. The summed E-state index contributed by atoms with van der Waals surface area (Å²) in [7, 11) is 1.30. The van der Waals surface area contributed by atoms with Crippen molar-refractivity contribution >= 4 is 17.3 Å². The number of aromatic amines is 1. The third kappa shape index (κ3) is 3.38. The molecule has 0 saturated carbocycles. The Morgan fingerprint density at radius 3 is 2.81 bits per heavy atom. The topological polar surface area (TPSA) is 97.3 Å². The molecule has 0 unspecified atom stereocenters. The average molecular weight is 289 g/mol. The molecule has 110 valence electrons. The zero-order chi connectivity index (χ0) is 15.4. The van der Waals surface area contributed by atoms with Gasteiger partial charge in [-0.3, -0.25) is 10.1 Å². The van der Waals surface area contributed by atoms with E-state index < -0.39 is 10.9 Å². The number of nitro benzene ring substituents is 1. The maximum absolute atomic E-state index is 11.3. The Kier molecular flexibility index (Phi) is 4.22. The van der Waals surface area contributed by atoms with Gasteiger partial charge in [0.25, 0.3) is 5.69 Å². The number of anilines is 1. The van der Waals surface area contributed by atoms with Crippen molar-refractivity contribution < 1.29 is 14.5 Å². The molecule has 0 saturated heterocycles. The molecule has 1 heterocycles. The standard InChI is InChI=1S/C14H15N3O4/c1-9-3-6-13(17(19)20)12(7-9)15-8-10-4-5-11(16-10)14(18)21-2/h3-7,15-16H,8H2,1-2H3. The molecule has 0 aliphatic heterocycles. The van der Waals surface area contributed by atoms with E-state index in [1.165, 1.54) is 13.2 Å². The summed E-state index contributed by atoms with van der Waals surface area (Å²) >= 11 is 0. The first-order valence-corrected chi connectivity index (χ1v) is 6.26. The van der Waals surface area contributed by atoms with Gasteiger partial charge in [-0.2, -0.15) is 0 Å². The normalized spacial score (nSPS) is 10.2. The largest absolute Gasteiger partial charge is 0.464 e. The molecule has 0 aliphatic rings. The van der Waals surface area contributed by atoms with E-state index >= 15 is 0 Å². The minimum absolute atomic E-state index is 0.0142. The first-order chi connectivity index (χ1) is 10.0. The number of carbonyl (C=O) groups is 1. The number of methoxy groups -OCH3 is 1. The van der Waals surface area contributed by atoms with Gasteiger partial charge in [0.15, 0.2) is 0 Å². The molecule has 0 radical (unpaired) electrons. The quantitative estimate of drug-likeness (QED) is 0.501. The molecule has 0 aliphatic carbocycles. The Morgan fingerprint density at radius 1 is 1.38 bits per heavy atom.